The maximum absolute atomic E-state index is 11.0. The van der Waals surface area contributed by atoms with Crippen molar-refractivity contribution in [2.75, 3.05) is 14.2 Å². The average Bonchev–Trinajstić information content (AvgIpc) is 2.00. The molecule has 5 nitrogen and oxygen atoms in total. The zero-order chi connectivity index (χ0) is 8.91. The Morgan fingerprint density at radius 1 is 1.29 bits per heavy atom. The van der Waals surface area contributed by atoms with Crippen LogP contribution in [0.4, 0.5) is 0 Å². The number of halogens is 2. The average molecular weight is 312 g/mol. The molecule has 3 N–H and O–H groups in total. The molecule has 1 unspecified atom stereocenters. The number of phosphoric ester groups is 1. The molecule has 1 atom stereocenters. The van der Waals surface area contributed by atoms with Crippen LogP contribution in [0.3, 0.4) is 0 Å². The van der Waals surface area contributed by atoms with Crippen LogP contribution in [0.2, 0.25) is 0 Å². The Bertz CT molecular complexity index is 194. The summed E-state index contributed by atoms with van der Waals surface area (Å²) in [5, 5.41) is 0. The van der Waals surface area contributed by atoms with Crippen molar-refractivity contribution in [2.45, 2.75) is 0 Å². The number of phosphoric acid groups is 1. The van der Waals surface area contributed by atoms with Gasteiger partial charge in [0.1, 0.15) is 10.8 Å². The van der Waals surface area contributed by atoms with Gasteiger partial charge in [0.2, 0.25) is 0 Å². The van der Waals surface area contributed by atoms with Crippen molar-refractivity contribution in [3.05, 3.63) is 10.8 Å². The number of hydrogen-bond donors (Lipinski definition) is 1. The summed E-state index contributed by atoms with van der Waals surface area (Å²) >= 11 is 10.3. The summed E-state index contributed by atoms with van der Waals surface area (Å²) in [5.41, 5.74) is 0. The first-order valence-corrected chi connectivity index (χ1v) is 4.67. The van der Waals surface area contributed by atoms with E-state index < -0.39 is 7.82 Å². The van der Waals surface area contributed by atoms with E-state index in [0.717, 1.165) is 6.26 Å². The molecule has 0 aliphatic heterocycles. The van der Waals surface area contributed by atoms with Crippen LogP contribution in [-0.2, 0) is 18.1 Å². The molecule has 84 valence electrons. The molecule has 0 fully saturated rings. The maximum atomic E-state index is 11.0. The molecule has 0 radical (unpaired) electrons. The monoisotopic (exact) mass is 311 g/mol. The van der Waals surface area contributed by atoms with Crippen molar-refractivity contribution in [3.63, 3.8) is 0 Å². The van der Waals surface area contributed by atoms with Crippen LogP contribution in [0, 0.1) is 0 Å². The SMILES string of the molecule is COP(=O)(OC)OC=C(Cl)Cl.N.P.[KH]. The molecule has 0 aromatic rings. The molecular formula is C4H14Cl2KNO4P2. The van der Waals surface area contributed by atoms with E-state index in [-0.39, 0.29) is 71.9 Å². The number of hydrogen-bond acceptors (Lipinski definition) is 5. The summed E-state index contributed by atoms with van der Waals surface area (Å²) in [4.78, 5) is 0. The molecular weight excluding hydrogens is 298 g/mol. The van der Waals surface area contributed by atoms with E-state index in [1.165, 1.54) is 14.2 Å². The van der Waals surface area contributed by atoms with Crippen molar-refractivity contribution in [1.29, 1.82) is 0 Å². The van der Waals surface area contributed by atoms with Gasteiger partial charge >= 0.3 is 59.2 Å². The van der Waals surface area contributed by atoms with Crippen LogP contribution >= 0.6 is 40.9 Å². The second-order valence-corrected chi connectivity index (χ2v) is 4.17. The molecule has 0 bridgehead atoms. The molecule has 0 amide bonds. The molecule has 0 aromatic heterocycles. The van der Waals surface area contributed by atoms with E-state index in [9.17, 15) is 4.57 Å². The quantitative estimate of drug-likeness (QED) is 0.489. The van der Waals surface area contributed by atoms with E-state index in [0.29, 0.717) is 0 Å². The fourth-order valence-corrected chi connectivity index (χ4v) is 1.03. The second kappa shape index (κ2) is 13.4. The minimum absolute atomic E-state index is 0. The van der Waals surface area contributed by atoms with Crippen molar-refractivity contribution < 1.29 is 18.1 Å². The third-order valence-electron chi connectivity index (χ3n) is 0.718. The summed E-state index contributed by atoms with van der Waals surface area (Å²) in [5.74, 6) is 0. The van der Waals surface area contributed by atoms with Gasteiger partial charge < -0.3 is 10.7 Å². The van der Waals surface area contributed by atoms with Gasteiger partial charge in [-0.2, -0.15) is 9.90 Å². The van der Waals surface area contributed by atoms with Crippen LogP contribution in [0.1, 0.15) is 0 Å². The Labute approximate surface area is 139 Å². The van der Waals surface area contributed by atoms with Crippen molar-refractivity contribution >= 4 is 92.3 Å². The van der Waals surface area contributed by atoms with Crippen LogP contribution in [-0.4, -0.2) is 65.6 Å². The summed E-state index contributed by atoms with van der Waals surface area (Å²) in [7, 11) is -1.12. The summed E-state index contributed by atoms with van der Waals surface area (Å²) in [6.07, 6.45) is 0.872. The standard InChI is InChI=1S/C4H7Cl2O4P.K.H3N.H3P.H/c1-8-11(7,9-2)10-3-4(5)6;;;;/h3H,1-2H3;;2*1H3;. The minimum atomic E-state index is -3.48. The van der Waals surface area contributed by atoms with Gasteiger partial charge in [0, 0.05) is 14.2 Å². The first-order valence-electron chi connectivity index (χ1n) is 2.45. The van der Waals surface area contributed by atoms with Crippen LogP contribution in [0.25, 0.3) is 0 Å². The van der Waals surface area contributed by atoms with Gasteiger partial charge in [-0.25, -0.2) is 4.57 Å². The van der Waals surface area contributed by atoms with Gasteiger partial charge in [-0.05, 0) is 0 Å². The molecule has 0 saturated heterocycles. The number of rotatable bonds is 4. The first kappa shape index (κ1) is 25.2. The van der Waals surface area contributed by atoms with E-state index in [1.807, 2.05) is 0 Å². The fraction of sp³-hybridized carbons (Fsp3) is 0.500. The molecule has 14 heavy (non-hydrogen) atoms. The fourth-order valence-electron chi connectivity index (χ4n) is 0.265. The van der Waals surface area contributed by atoms with E-state index in [2.05, 4.69) is 13.6 Å². The molecule has 10 heteroatoms. The Morgan fingerprint density at radius 3 is 1.86 bits per heavy atom. The van der Waals surface area contributed by atoms with Gasteiger partial charge in [-0.15, -0.1) is 0 Å². The van der Waals surface area contributed by atoms with Crippen LogP contribution in [0.5, 0.6) is 0 Å². The van der Waals surface area contributed by atoms with Gasteiger partial charge in [-0.3, -0.25) is 9.05 Å². The van der Waals surface area contributed by atoms with E-state index >= 15 is 0 Å². The van der Waals surface area contributed by atoms with Gasteiger partial charge in [0.05, 0.1) is 0 Å². The third-order valence-corrected chi connectivity index (χ3v) is 2.15. The normalized spacial score (nSPS) is 8.57. The van der Waals surface area contributed by atoms with Crippen LogP contribution in [0.15, 0.2) is 10.8 Å². The summed E-state index contributed by atoms with van der Waals surface area (Å²) in [6, 6.07) is 0. The van der Waals surface area contributed by atoms with Crippen LogP contribution < -0.4 is 6.15 Å². The molecule has 0 aromatic carbocycles. The molecule has 0 heterocycles. The molecule has 0 aliphatic carbocycles. The first-order chi connectivity index (χ1) is 5.04. The van der Waals surface area contributed by atoms with Gasteiger partial charge in [-0.1, -0.05) is 23.2 Å². The Morgan fingerprint density at radius 2 is 1.64 bits per heavy atom. The zero-order valence-electron chi connectivity index (χ0n) is 7.33. The van der Waals surface area contributed by atoms with Gasteiger partial charge in [0.15, 0.2) is 0 Å². The third kappa shape index (κ3) is 12.4. The molecule has 0 saturated carbocycles. The van der Waals surface area contributed by atoms with E-state index in [1.54, 1.807) is 0 Å². The Balaban J connectivity index is -0.000000167. The second-order valence-electron chi connectivity index (χ2n) is 1.33. The predicted octanol–water partition coefficient (Wildman–Crippen LogP) is 2.25. The molecule has 0 rings (SSSR count). The Kier molecular flexibility index (Phi) is 24.1. The summed E-state index contributed by atoms with van der Waals surface area (Å²) < 4.78 is 24.1. The molecule has 0 spiro atoms. The summed E-state index contributed by atoms with van der Waals surface area (Å²) in [6.45, 7) is 0. The van der Waals surface area contributed by atoms with E-state index in [4.69, 9.17) is 23.2 Å². The van der Waals surface area contributed by atoms with Gasteiger partial charge in [0.25, 0.3) is 0 Å². The zero-order valence-corrected chi connectivity index (χ0v) is 11.1. The van der Waals surface area contributed by atoms with Crippen molar-refractivity contribution in [1.82, 2.24) is 6.15 Å². The van der Waals surface area contributed by atoms with Crippen molar-refractivity contribution in [2.24, 2.45) is 0 Å². The Hall–Kier alpha value is 2.30. The predicted molar refractivity (Wildman–Crippen MR) is 65.8 cm³/mol. The topological polar surface area (TPSA) is 79.8 Å². The molecule has 0 aliphatic rings. The van der Waals surface area contributed by atoms with Crippen molar-refractivity contribution in [3.8, 4) is 0 Å².